The van der Waals surface area contributed by atoms with Crippen molar-refractivity contribution in [3.63, 3.8) is 0 Å². The average Bonchev–Trinajstić information content (AvgIpc) is 3.09. The fraction of sp³-hybridized carbons (Fsp3) is 0.238. The Kier molecular flexibility index (Phi) is 4.18. The van der Waals surface area contributed by atoms with Crippen molar-refractivity contribution >= 4 is 28.5 Å². The largest absolute Gasteiger partial charge is 0.330 e. The number of anilines is 1. The molecule has 0 atom stereocenters. The molecule has 2 aliphatic rings. The fourth-order valence-corrected chi connectivity index (χ4v) is 3.84. The zero-order chi connectivity index (χ0) is 18.3. The number of Topliss-reactive ketones (excluding diaryl/α,β-unsaturated/α-hetero) is 1. The van der Waals surface area contributed by atoms with Gasteiger partial charge in [0.1, 0.15) is 0 Å². The third-order valence-electron chi connectivity index (χ3n) is 5.01. The summed E-state index contributed by atoms with van der Waals surface area (Å²) in [5.41, 5.74) is 17.8. The lowest BCUT2D eigenvalue weighted by molar-refractivity contribution is -0.113. The first-order chi connectivity index (χ1) is 12.6. The topological polar surface area (TPSA) is 98.2 Å². The summed E-state index contributed by atoms with van der Waals surface area (Å²) in [7, 11) is 0. The third kappa shape index (κ3) is 2.66. The molecule has 1 aliphatic carbocycles. The lowest BCUT2D eigenvalue weighted by Crippen LogP contribution is -2.08. The number of allylic oxidation sites excluding steroid dienone is 1. The van der Waals surface area contributed by atoms with Crippen LogP contribution in [0.4, 0.5) is 5.69 Å². The molecule has 1 heterocycles. The molecule has 0 saturated carbocycles. The molecule has 1 amide bonds. The summed E-state index contributed by atoms with van der Waals surface area (Å²) >= 11 is 0. The second kappa shape index (κ2) is 6.52. The first-order valence-electron chi connectivity index (χ1n) is 8.87. The molecule has 5 N–H and O–H groups in total. The molecule has 0 fully saturated rings. The Hall–Kier alpha value is -2.76. The highest BCUT2D eigenvalue weighted by Gasteiger charge is 2.35. The molecule has 132 valence electrons. The number of nitrogens with two attached hydrogens (primary N) is 2. The fourth-order valence-electron chi connectivity index (χ4n) is 3.84. The molecule has 1 aliphatic heterocycles. The smallest absolute Gasteiger partial charge is 0.257 e. The normalized spacial score (nSPS) is 18.1. The van der Waals surface area contributed by atoms with Crippen molar-refractivity contribution in [2.24, 2.45) is 11.5 Å². The van der Waals surface area contributed by atoms with E-state index in [1.165, 1.54) is 0 Å². The molecule has 2 aromatic rings. The minimum Gasteiger partial charge on any atom is -0.330 e. The van der Waals surface area contributed by atoms with E-state index in [4.69, 9.17) is 11.5 Å². The van der Waals surface area contributed by atoms with Crippen LogP contribution in [-0.2, 0) is 28.9 Å². The van der Waals surface area contributed by atoms with E-state index >= 15 is 0 Å². The highest BCUT2D eigenvalue weighted by Crippen LogP contribution is 2.42. The zero-order valence-corrected chi connectivity index (χ0v) is 14.5. The standard InChI is InChI=1S/C21H21N3O2/c22-7-5-12-1-3-15-14(9-12)11-18(25)19(15)20-16-4-2-13(6-8-23)10-17(16)24-21(20)26/h1-4,9-10H,5-8,11,22-23H2,(H,24,26)/b20-19+. The summed E-state index contributed by atoms with van der Waals surface area (Å²) in [6.45, 7) is 1.12. The SMILES string of the molecule is NCCc1ccc2c(c1)CC(=O)/C2=C1/C(=O)Nc2cc(CCN)ccc21. The van der Waals surface area contributed by atoms with E-state index in [1.54, 1.807) is 0 Å². The Labute approximate surface area is 152 Å². The van der Waals surface area contributed by atoms with Crippen LogP contribution in [-0.4, -0.2) is 24.8 Å². The number of rotatable bonds is 4. The number of carbonyl (C=O) groups excluding carboxylic acids is 2. The number of amides is 1. The molecular formula is C21H21N3O2. The second-order valence-corrected chi connectivity index (χ2v) is 6.75. The summed E-state index contributed by atoms with van der Waals surface area (Å²) < 4.78 is 0. The highest BCUT2D eigenvalue weighted by molar-refractivity contribution is 6.47. The van der Waals surface area contributed by atoms with Crippen molar-refractivity contribution in [1.82, 2.24) is 0 Å². The van der Waals surface area contributed by atoms with Crippen LogP contribution < -0.4 is 16.8 Å². The maximum atomic E-state index is 12.7. The molecular weight excluding hydrogens is 326 g/mol. The molecule has 4 rings (SSSR count). The van der Waals surface area contributed by atoms with E-state index in [9.17, 15) is 9.59 Å². The number of fused-ring (bicyclic) bond motifs is 2. The van der Waals surface area contributed by atoms with E-state index in [0.29, 0.717) is 30.7 Å². The van der Waals surface area contributed by atoms with Gasteiger partial charge in [-0.1, -0.05) is 30.3 Å². The molecule has 0 spiro atoms. The van der Waals surface area contributed by atoms with Gasteiger partial charge in [0.2, 0.25) is 0 Å². The van der Waals surface area contributed by atoms with Crippen LogP contribution in [0.15, 0.2) is 36.4 Å². The number of benzene rings is 2. The van der Waals surface area contributed by atoms with Gasteiger partial charge in [-0.3, -0.25) is 9.59 Å². The average molecular weight is 347 g/mol. The Morgan fingerprint density at radius 2 is 1.50 bits per heavy atom. The van der Waals surface area contributed by atoms with Crippen molar-refractivity contribution in [3.05, 3.63) is 64.2 Å². The van der Waals surface area contributed by atoms with Crippen LogP contribution in [0.5, 0.6) is 0 Å². The van der Waals surface area contributed by atoms with Gasteiger partial charge in [0.25, 0.3) is 5.91 Å². The van der Waals surface area contributed by atoms with Gasteiger partial charge in [0.05, 0.1) is 5.57 Å². The van der Waals surface area contributed by atoms with Crippen LogP contribution >= 0.6 is 0 Å². The molecule has 0 aromatic heterocycles. The Morgan fingerprint density at radius 1 is 0.846 bits per heavy atom. The van der Waals surface area contributed by atoms with Gasteiger partial charge in [-0.25, -0.2) is 0 Å². The zero-order valence-electron chi connectivity index (χ0n) is 14.5. The maximum Gasteiger partial charge on any atom is 0.257 e. The van der Waals surface area contributed by atoms with Gasteiger partial charge in [-0.15, -0.1) is 0 Å². The Morgan fingerprint density at radius 3 is 2.19 bits per heavy atom. The number of ketones is 1. The summed E-state index contributed by atoms with van der Waals surface area (Å²) in [6.07, 6.45) is 1.86. The number of hydrogen-bond acceptors (Lipinski definition) is 4. The number of hydrogen-bond donors (Lipinski definition) is 3. The van der Waals surface area contributed by atoms with Crippen LogP contribution in [0.2, 0.25) is 0 Å². The van der Waals surface area contributed by atoms with Gasteiger partial charge in [0, 0.05) is 23.2 Å². The van der Waals surface area contributed by atoms with Crippen LogP contribution in [0, 0.1) is 0 Å². The predicted molar refractivity (Wildman–Crippen MR) is 103 cm³/mol. The molecule has 5 nitrogen and oxygen atoms in total. The van der Waals surface area contributed by atoms with Gasteiger partial charge < -0.3 is 16.8 Å². The molecule has 0 unspecified atom stereocenters. The lowest BCUT2D eigenvalue weighted by Gasteiger charge is -2.07. The molecule has 5 heteroatoms. The molecule has 26 heavy (non-hydrogen) atoms. The van der Waals surface area contributed by atoms with Gasteiger partial charge in [0.15, 0.2) is 5.78 Å². The minimum atomic E-state index is -0.216. The van der Waals surface area contributed by atoms with Gasteiger partial charge in [-0.2, -0.15) is 0 Å². The first-order valence-corrected chi connectivity index (χ1v) is 8.87. The van der Waals surface area contributed by atoms with E-state index in [-0.39, 0.29) is 11.7 Å². The minimum absolute atomic E-state index is 0.00562. The van der Waals surface area contributed by atoms with E-state index in [2.05, 4.69) is 5.32 Å². The highest BCUT2D eigenvalue weighted by atomic mass is 16.2. The Bertz CT molecular complexity index is 882. The summed E-state index contributed by atoms with van der Waals surface area (Å²) in [5.74, 6) is -0.221. The molecule has 0 radical (unpaired) electrons. The molecule has 0 saturated heterocycles. The number of carbonyl (C=O) groups is 2. The van der Waals surface area contributed by atoms with Crippen molar-refractivity contribution in [2.75, 3.05) is 18.4 Å². The number of nitrogens with one attached hydrogen (secondary N) is 1. The van der Waals surface area contributed by atoms with E-state index in [1.807, 2.05) is 36.4 Å². The van der Waals surface area contributed by atoms with Crippen molar-refractivity contribution < 1.29 is 9.59 Å². The van der Waals surface area contributed by atoms with Gasteiger partial charge >= 0.3 is 0 Å². The quantitative estimate of drug-likeness (QED) is 0.733. The molecule has 0 bridgehead atoms. The van der Waals surface area contributed by atoms with E-state index in [0.717, 1.165) is 46.3 Å². The maximum absolute atomic E-state index is 12.7. The predicted octanol–water partition coefficient (Wildman–Crippen LogP) is 1.68. The molecule has 2 aromatic carbocycles. The summed E-state index contributed by atoms with van der Waals surface area (Å²) in [4.78, 5) is 25.4. The van der Waals surface area contributed by atoms with Crippen LogP contribution in [0.3, 0.4) is 0 Å². The first kappa shape index (κ1) is 16.7. The van der Waals surface area contributed by atoms with Crippen molar-refractivity contribution in [3.8, 4) is 0 Å². The monoisotopic (exact) mass is 347 g/mol. The lowest BCUT2D eigenvalue weighted by atomic mass is 9.94. The van der Waals surface area contributed by atoms with Crippen molar-refractivity contribution in [2.45, 2.75) is 19.3 Å². The van der Waals surface area contributed by atoms with Gasteiger partial charge in [-0.05, 0) is 54.3 Å². The Balaban J connectivity index is 1.84. The van der Waals surface area contributed by atoms with Crippen LogP contribution in [0.25, 0.3) is 11.1 Å². The third-order valence-corrected chi connectivity index (χ3v) is 5.01. The van der Waals surface area contributed by atoms with Crippen molar-refractivity contribution in [1.29, 1.82) is 0 Å². The second-order valence-electron chi connectivity index (χ2n) is 6.75. The van der Waals surface area contributed by atoms with Crippen LogP contribution in [0.1, 0.15) is 27.8 Å². The summed E-state index contributed by atoms with van der Waals surface area (Å²) in [5, 5.41) is 2.90. The van der Waals surface area contributed by atoms with E-state index < -0.39 is 0 Å². The summed E-state index contributed by atoms with van der Waals surface area (Å²) in [6, 6.07) is 11.8.